The summed E-state index contributed by atoms with van der Waals surface area (Å²) in [7, 11) is -3.65. The Morgan fingerprint density at radius 3 is 2.52 bits per heavy atom. The van der Waals surface area contributed by atoms with E-state index in [1.807, 2.05) is 6.07 Å². The number of hydrogen-bond donors (Lipinski definition) is 1. The van der Waals surface area contributed by atoms with Crippen LogP contribution >= 0.6 is 0 Å². The first-order valence-corrected chi connectivity index (χ1v) is 10.7. The second-order valence-corrected chi connectivity index (χ2v) is 8.75. The normalized spacial score (nSPS) is 16.2. The van der Waals surface area contributed by atoms with E-state index in [0.29, 0.717) is 24.6 Å². The molecule has 0 saturated carbocycles. The van der Waals surface area contributed by atoms with Gasteiger partial charge in [-0.3, -0.25) is 4.79 Å². The van der Waals surface area contributed by atoms with Crippen molar-refractivity contribution in [1.29, 1.82) is 5.26 Å². The Balaban J connectivity index is 1.59. The van der Waals surface area contributed by atoms with E-state index in [9.17, 15) is 18.5 Å². The SMILES string of the molecule is N#Cc1cc2c(cc1NC(=O)c1cccc(S(=O)(=O)N3CCCCC3)c1)OCO2. The number of ether oxygens (including phenoxy) is 2. The van der Waals surface area contributed by atoms with E-state index in [1.165, 1.54) is 40.7 Å². The summed E-state index contributed by atoms with van der Waals surface area (Å²) in [6, 6.07) is 10.9. The number of amides is 1. The van der Waals surface area contributed by atoms with Gasteiger partial charge in [0.05, 0.1) is 16.1 Å². The Morgan fingerprint density at radius 2 is 1.79 bits per heavy atom. The number of piperidine rings is 1. The third-order valence-corrected chi connectivity index (χ3v) is 6.83. The number of nitrogens with zero attached hydrogens (tertiary/aromatic N) is 2. The minimum absolute atomic E-state index is 0.0496. The van der Waals surface area contributed by atoms with Crippen LogP contribution < -0.4 is 14.8 Å². The molecule has 1 amide bonds. The molecule has 0 unspecified atom stereocenters. The van der Waals surface area contributed by atoms with Crippen molar-refractivity contribution in [2.75, 3.05) is 25.2 Å². The second-order valence-electron chi connectivity index (χ2n) is 6.81. The monoisotopic (exact) mass is 413 g/mol. The Hall–Kier alpha value is -3.09. The average Bonchev–Trinajstić information content (AvgIpc) is 3.21. The van der Waals surface area contributed by atoms with Crippen molar-refractivity contribution in [3.05, 3.63) is 47.5 Å². The van der Waals surface area contributed by atoms with Gasteiger partial charge in [0, 0.05) is 30.8 Å². The summed E-state index contributed by atoms with van der Waals surface area (Å²) in [5.41, 5.74) is 0.676. The first-order chi connectivity index (χ1) is 14.0. The van der Waals surface area contributed by atoms with E-state index in [4.69, 9.17) is 9.47 Å². The van der Waals surface area contributed by atoms with Gasteiger partial charge in [-0.1, -0.05) is 12.5 Å². The first kappa shape index (κ1) is 19.2. The van der Waals surface area contributed by atoms with Crippen molar-refractivity contribution in [2.45, 2.75) is 24.2 Å². The van der Waals surface area contributed by atoms with Gasteiger partial charge in [-0.2, -0.15) is 9.57 Å². The smallest absolute Gasteiger partial charge is 0.255 e. The molecule has 4 rings (SSSR count). The number of carbonyl (C=O) groups excluding carboxylic acids is 1. The summed E-state index contributed by atoms with van der Waals surface area (Å²) in [6.07, 6.45) is 2.69. The van der Waals surface area contributed by atoms with Crippen LogP contribution in [0.25, 0.3) is 0 Å². The number of nitriles is 1. The van der Waals surface area contributed by atoms with Gasteiger partial charge in [-0.05, 0) is 31.0 Å². The first-order valence-electron chi connectivity index (χ1n) is 9.24. The van der Waals surface area contributed by atoms with Crippen molar-refractivity contribution in [3.63, 3.8) is 0 Å². The molecule has 2 aromatic rings. The van der Waals surface area contributed by atoms with E-state index < -0.39 is 15.9 Å². The number of anilines is 1. The fraction of sp³-hybridized carbons (Fsp3) is 0.300. The van der Waals surface area contributed by atoms with Gasteiger partial charge in [-0.25, -0.2) is 8.42 Å². The lowest BCUT2D eigenvalue weighted by atomic mass is 10.1. The zero-order chi connectivity index (χ0) is 20.4. The van der Waals surface area contributed by atoms with Crippen molar-refractivity contribution in [2.24, 2.45) is 0 Å². The molecule has 2 aliphatic rings. The van der Waals surface area contributed by atoms with E-state index in [0.717, 1.165) is 19.3 Å². The molecule has 2 aromatic carbocycles. The number of hydrogen-bond acceptors (Lipinski definition) is 6. The van der Waals surface area contributed by atoms with Gasteiger partial charge in [0.15, 0.2) is 11.5 Å². The molecule has 1 fully saturated rings. The Kier molecular flexibility index (Phi) is 5.13. The van der Waals surface area contributed by atoms with Crippen LogP contribution in [0.5, 0.6) is 11.5 Å². The topological polar surface area (TPSA) is 109 Å². The fourth-order valence-electron chi connectivity index (χ4n) is 3.38. The zero-order valence-electron chi connectivity index (χ0n) is 15.6. The zero-order valence-corrected chi connectivity index (χ0v) is 16.4. The summed E-state index contributed by atoms with van der Waals surface area (Å²) in [4.78, 5) is 12.8. The van der Waals surface area contributed by atoms with Crippen molar-refractivity contribution >= 4 is 21.6 Å². The van der Waals surface area contributed by atoms with Gasteiger partial charge >= 0.3 is 0 Å². The lowest BCUT2D eigenvalue weighted by molar-refractivity contribution is 0.102. The number of benzene rings is 2. The van der Waals surface area contributed by atoms with Crippen LogP contribution in [-0.2, 0) is 10.0 Å². The number of rotatable bonds is 4. The molecule has 150 valence electrons. The maximum atomic E-state index is 12.9. The molecule has 0 radical (unpaired) electrons. The van der Waals surface area contributed by atoms with Gasteiger partial charge in [-0.15, -0.1) is 0 Å². The molecule has 9 heteroatoms. The molecular formula is C20H19N3O5S. The average molecular weight is 413 g/mol. The number of nitrogens with one attached hydrogen (secondary N) is 1. The van der Waals surface area contributed by atoms with Gasteiger partial charge < -0.3 is 14.8 Å². The number of carbonyl (C=O) groups is 1. The van der Waals surface area contributed by atoms with E-state index in [2.05, 4.69) is 5.32 Å². The molecule has 0 atom stereocenters. The van der Waals surface area contributed by atoms with Gasteiger partial charge in [0.25, 0.3) is 5.91 Å². The van der Waals surface area contributed by atoms with Gasteiger partial charge in [0.2, 0.25) is 16.8 Å². The summed E-state index contributed by atoms with van der Waals surface area (Å²) in [6.45, 7) is 1.02. The lowest BCUT2D eigenvalue weighted by Gasteiger charge is -2.26. The lowest BCUT2D eigenvalue weighted by Crippen LogP contribution is -2.35. The molecule has 0 aromatic heterocycles. The molecule has 1 saturated heterocycles. The summed E-state index contributed by atoms with van der Waals surface area (Å²) >= 11 is 0. The standard InChI is InChI=1S/C20H19N3O5S/c21-12-15-10-18-19(28-13-27-18)11-17(15)22-20(24)14-5-4-6-16(9-14)29(25,26)23-7-2-1-3-8-23/h4-6,9-11H,1-3,7-8,13H2,(H,22,24). The predicted octanol–water partition coefficient (Wildman–Crippen LogP) is 2.71. The van der Waals surface area contributed by atoms with E-state index >= 15 is 0 Å². The summed E-state index contributed by atoms with van der Waals surface area (Å²) in [5, 5.41) is 12.0. The molecule has 2 aliphatic heterocycles. The molecular weight excluding hydrogens is 394 g/mol. The third-order valence-electron chi connectivity index (χ3n) is 4.93. The van der Waals surface area contributed by atoms with Crippen LogP contribution in [0, 0.1) is 11.3 Å². The highest BCUT2D eigenvalue weighted by Crippen LogP contribution is 2.37. The minimum atomic E-state index is -3.65. The molecule has 8 nitrogen and oxygen atoms in total. The van der Waals surface area contributed by atoms with Crippen LogP contribution in [0.4, 0.5) is 5.69 Å². The fourth-order valence-corrected chi connectivity index (χ4v) is 4.95. The highest BCUT2D eigenvalue weighted by atomic mass is 32.2. The van der Waals surface area contributed by atoms with Gasteiger partial charge in [0.1, 0.15) is 6.07 Å². The third kappa shape index (κ3) is 3.77. The van der Waals surface area contributed by atoms with Crippen molar-refractivity contribution < 1.29 is 22.7 Å². The van der Waals surface area contributed by atoms with Crippen molar-refractivity contribution in [1.82, 2.24) is 4.31 Å². The van der Waals surface area contributed by atoms with E-state index in [1.54, 1.807) is 0 Å². The Bertz CT molecular complexity index is 1100. The van der Waals surface area contributed by atoms with Crippen LogP contribution in [0.15, 0.2) is 41.3 Å². The Labute approximate surface area is 168 Å². The van der Waals surface area contributed by atoms with Crippen LogP contribution in [0.2, 0.25) is 0 Å². The Morgan fingerprint density at radius 1 is 1.07 bits per heavy atom. The minimum Gasteiger partial charge on any atom is -0.454 e. The maximum absolute atomic E-state index is 12.9. The molecule has 0 spiro atoms. The highest BCUT2D eigenvalue weighted by molar-refractivity contribution is 7.89. The highest BCUT2D eigenvalue weighted by Gasteiger charge is 2.26. The maximum Gasteiger partial charge on any atom is 0.255 e. The van der Waals surface area contributed by atoms with Crippen LogP contribution in [-0.4, -0.2) is 38.5 Å². The van der Waals surface area contributed by atoms with Crippen LogP contribution in [0.3, 0.4) is 0 Å². The second kappa shape index (κ2) is 7.73. The van der Waals surface area contributed by atoms with E-state index in [-0.39, 0.29) is 28.5 Å². The van der Waals surface area contributed by atoms with Crippen molar-refractivity contribution in [3.8, 4) is 17.6 Å². The molecule has 29 heavy (non-hydrogen) atoms. The largest absolute Gasteiger partial charge is 0.454 e. The quantitative estimate of drug-likeness (QED) is 0.826. The summed E-state index contributed by atoms with van der Waals surface area (Å²) in [5.74, 6) is 0.353. The summed E-state index contributed by atoms with van der Waals surface area (Å²) < 4.78 is 37.7. The number of fused-ring (bicyclic) bond motifs is 1. The predicted molar refractivity (Wildman–Crippen MR) is 104 cm³/mol. The molecule has 2 heterocycles. The number of sulfonamides is 1. The molecule has 0 bridgehead atoms. The molecule has 1 N–H and O–H groups in total. The van der Waals surface area contributed by atoms with Crippen LogP contribution in [0.1, 0.15) is 35.2 Å². The molecule has 0 aliphatic carbocycles.